The number of methoxy groups -OCH3 is 1. The van der Waals surface area contributed by atoms with Crippen molar-refractivity contribution >= 4 is 35.0 Å². The Bertz CT molecular complexity index is 917. The van der Waals surface area contributed by atoms with E-state index in [1.807, 2.05) is 0 Å². The van der Waals surface area contributed by atoms with E-state index in [0.717, 1.165) is 0 Å². The number of hydrogen-bond acceptors (Lipinski definition) is 4. The molecule has 0 aromatic heterocycles. The zero-order chi connectivity index (χ0) is 19.6. The van der Waals surface area contributed by atoms with Gasteiger partial charge in [0.25, 0.3) is 5.91 Å². The van der Waals surface area contributed by atoms with Crippen molar-refractivity contribution in [3.05, 3.63) is 59.5 Å². The molecule has 140 valence electrons. The van der Waals surface area contributed by atoms with E-state index < -0.39 is 18.3 Å². The molecule has 1 aliphatic heterocycles. The average Bonchev–Trinajstić information content (AvgIpc) is 2.90. The van der Waals surface area contributed by atoms with Crippen molar-refractivity contribution in [2.24, 2.45) is 0 Å². The molecule has 9 heteroatoms. The lowest BCUT2D eigenvalue weighted by Crippen LogP contribution is -2.30. The van der Waals surface area contributed by atoms with Gasteiger partial charge in [0, 0.05) is 0 Å². The summed E-state index contributed by atoms with van der Waals surface area (Å²) in [6.45, 7) is -2.98. The van der Waals surface area contributed by atoms with Gasteiger partial charge in [-0.1, -0.05) is 6.07 Å². The summed E-state index contributed by atoms with van der Waals surface area (Å²) in [5, 5.41) is 2.92. The molecular weight excluding hydrogens is 381 g/mol. The summed E-state index contributed by atoms with van der Waals surface area (Å²) < 4.78 is 47.3. The fourth-order valence-electron chi connectivity index (χ4n) is 2.49. The fraction of sp³-hybridized carbons (Fsp3) is 0.111. The van der Waals surface area contributed by atoms with Crippen molar-refractivity contribution in [3.8, 4) is 11.5 Å². The molecular formula is C18H13F3N2O3S. The SMILES string of the molecule is COc1cc(/C=C2/NC(=S)N(c3ccc(F)cc3)C2=O)ccc1OC(F)F. The molecule has 3 rings (SSSR count). The van der Waals surface area contributed by atoms with Crippen LogP contribution in [0.15, 0.2) is 48.2 Å². The lowest BCUT2D eigenvalue weighted by atomic mass is 10.1. The maximum Gasteiger partial charge on any atom is 0.387 e. The molecule has 1 heterocycles. The molecule has 5 nitrogen and oxygen atoms in total. The smallest absolute Gasteiger partial charge is 0.387 e. The van der Waals surface area contributed by atoms with E-state index in [1.165, 1.54) is 60.6 Å². The Hall–Kier alpha value is -3.07. The van der Waals surface area contributed by atoms with Gasteiger partial charge in [-0.2, -0.15) is 8.78 Å². The van der Waals surface area contributed by atoms with Gasteiger partial charge in [-0.3, -0.25) is 9.69 Å². The number of benzene rings is 2. The van der Waals surface area contributed by atoms with E-state index in [1.54, 1.807) is 0 Å². The Balaban J connectivity index is 1.88. The molecule has 1 fully saturated rings. The molecule has 1 aliphatic rings. The highest BCUT2D eigenvalue weighted by atomic mass is 32.1. The molecule has 0 saturated carbocycles. The Morgan fingerprint density at radius 2 is 1.85 bits per heavy atom. The maximum atomic E-state index is 13.1. The van der Waals surface area contributed by atoms with Crippen LogP contribution in [0.5, 0.6) is 11.5 Å². The second kappa shape index (κ2) is 7.67. The van der Waals surface area contributed by atoms with Crippen LogP contribution in [0.3, 0.4) is 0 Å². The van der Waals surface area contributed by atoms with Gasteiger partial charge in [-0.15, -0.1) is 0 Å². The number of rotatable bonds is 5. The van der Waals surface area contributed by atoms with Gasteiger partial charge in [0.05, 0.1) is 12.8 Å². The second-order valence-electron chi connectivity index (χ2n) is 5.39. The highest BCUT2D eigenvalue weighted by Gasteiger charge is 2.32. The van der Waals surface area contributed by atoms with Crippen LogP contribution in [0.4, 0.5) is 18.9 Å². The maximum absolute atomic E-state index is 13.1. The minimum atomic E-state index is -2.98. The predicted octanol–water partition coefficient (Wildman–Crippen LogP) is 3.70. The highest BCUT2D eigenvalue weighted by molar-refractivity contribution is 7.80. The molecule has 2 aromatic carbocycles. The third-order valence-electron chi connectivity index (χ3n) is 3.68. The average molecular weight is 394 g/mol. The quantitative estimate of drug-likeness (QED) is 0.619. The molecule has 1 saturated heterocycles. The van der Waals surface area contributed by atoms with Gasteiger partial charge in [-0.25, -0.2) is 4.39 Å². The summed E-state index contributed by atoms with van der Waals surface area (Å²) in [4.78, 5) is 13.9. The van der Waals surface area contributed by atoms with Crippen LogP contribution in [0.25, 0.3) is 6.08 Å². The zero-order valence-corrected chi connectivity index (χ0v) is 14.7. The Morgan fingerprint density at radius 1 is 1.15 bits per heavy atom. The summed E-state index contributed by atoms with van der Waals surface area (Å²) in [6, 6.07) is 9.56. The van der Waals surface area contributed by atoms with Crippen LogP contribution < -0.4 is 19.7 Å². The van der Waals surface area contributed by atoms with Crippen molar-refractivity contribution in [3.63, 3.8) is 0 Å². The first-order valence-corrected chi connectivity index (χ1v) is 8.05. The first-order valence-electron chi connectivity index (χ1n) is 7.64. The minimum absolute atomic E-state index is 0.0908. The number of halogens is 3. The van der Waals surface area contributed by atoms with Crippen LogP contribution in [0.2, 0.25) is 0 Å². The Kier molecular flexibility index (Phi) is 5.31. The van der Waals surface area contributed by atoms with Crippen molar-refractivity contribution in [1.82, 2.24) is 5.32 Å². The second-order valence-corrected chi connectivity index (χ2v) is 5.78. The third-order valence-corrected chi connectivity index (χ3v) is 3.96. The predicted molar refractivity (Wildman–Crippen MR) is 97.2 cm³/mol. The highest BCUT2D eigenvalue weighted by Crippen LogP contribution is 2.31. The van der Waals surface area contributed by atoms with E-state index in [-0.39, 0.29) is 22.3 Å². The van der Waals surface area contributed by atoms with Gasteiger partial charge in [0.1, 0.15) is 11.5 Å². The van der Waals surface area contributed by atoms with Crippen LogP contribution in [-0.2, 0) is 4.79 Å². The van der Waals surface area contributed by atoms with Crippen molar-refractivity contribution in [2.75, 3.05) is 12.0 Å². The van der Waals surface area contributed by atoms with Crippen LogP contribution in [-0.4, -0.2) is 24.7 Å². The van der Waals surface area contributed by atoms with E-state index in [0.29, 0.717) is 11.3 Å². The van der Waals surface area contributed by atoms with Gasteiger partial charge in [0.2, 0.25) is 0 Å². The normalized spacial score (nSPS) is 15.4. The van der Waals surface area contributed by atoms with Gasteiger partial charge >= 0.3 is 6.61 Å². The number of carbonyl (C=O) groups excluding carboxylic acids is 1. The lowest BCUT2D eigenvalue weighted by Gasteiger charge is -2.13. The molecule has 0 atom stereocenters. The standard InChI is InChI=1S/C18H13F3N2O3S/c1-25-15-9-10(2-7-14(15)26-17(20)21)8-13-16(24)23(18(27)22-13)12-5-3-11(19)4-6-12/h2-9,17H,1H3,(H,22,27)/b13-8+. The molecule has 2 aromatic rings. The van der Waals surface area contributed by atoms with Gasteiger partial charge in [-0.05, 0) is 60.3 Å². The summed E-state index contributed by atoms with van der Waals surface area (Å²) in [6.07, 6.45) is 1.49. The number of ether oxygens (including phenoxy) is 2. The molecule has 1 N–H and O–H groups in total. The monoisotopic (exact) mass is 394 g/mol. The molecule has 0 spiro atoms. The lowest BCUT2D eigenvalue weighted by molar-refractivity contribution is -0.113. The van der Waals surface area contributed by atoms with Gasteiger partial charge < -0.3 is 14.8 Å². The van der Waals surface area contributed by atoms with Crippen molar-refractivity contribution < 1.29 is 27.4 Å². The van der Waals surface area contributed by atoms with E-state index >= 15 is 0 Å². The molecule has 1 amide bonds. The van der Waals surface area contributed by atoms with E-state index in [9.17, 15) is 18.0 Å². The Labute approximate surface area is 158 Å². The number of thiocarbonyl (C=S) groups is 1. The molecule has 27 heavy (non-hydrogen) atoms. The summed E-state index contributed by atoms with van der Waals surface area (Å²) >= 11 is 5.17. The molecule has 0 bridgehead atoms. The first-order chi connectivity index (χ1) is 12.9. The third kappa shape index (κ3) is 4.03. The topological polar surface area (TPSA) is 50.8 Å². The van der Waals surface area contributed by atoms with Gasteiger partial charge in [0.15, 0.2) is 16.6 Å². The number of nitrogens with zero attached hydrogens (tertiary/aromatic N) is 1. The van der Waals surface area contributed by atoms with E-state index in [2.05, 4.69) is 10.1 Å². The summed E-state index contributed by atoms with van der Waals surface area (Å²) in [5.41, 5.74) is 1.10. The number of carbonyl (C=O) groups is 1. The van der Waals surface area contributed by atoms with Crippen molar-refractivity contribution in [1.29, 1.82) is 0 Å². The van der Waals surface area contributed by atoms with Crippen LogP contribution in [0.1, 0.15) is 5.56 Å². The number of hydrogen-bond donors (Lipinski definition) is 1. The zero-order valence-electron chi connectivity index (χ0n) is 13.9. The summed E-state index contributed by atoms with van der Waals surface area (Å²) in [5.74, 6) is -0.895. The van der Waals surface area contributed by atoms with Crippen LogP contribution >= 0.6 is 12.2 Å². The van der Waals surface area contributed by atoms with E-state index in [4.69, 9.17) is 17.0 Å². The molecule has 0 aliphatic carbocycles. The Morgan fingerprint density at radius 3 is 2.48 bits per heavy atom. The fourth-order valence-corrected chi connectivity index (χ4v) is 2.79. The minimum Gasteiger partial charge on any atom is -0.493 e. The largest absolute Gasteiger partial charge is 0.493 e. The molecule has 0 radical (unpaired) electrons. The number of anilines is 1. The van der Waals surface area contributed by atoms with Crippen molar-refractivity contribution in [2.45, 2.75) is 6.61 Å². The number of nitrogens with one attached hydrogen (secondary N) is 1. The summed E-state index contributed by atoms with van der Waals surface area (Å²) in [7, 11) is 1.31. The first kappa shape index (κ1) is 18.7. The number of amides is 1. The molecule has 0 unspecified atom stereocenters. The number of alkyl halides is 2. The van der Waals surface area contributed by atoms with Crippen LogP contribution in [0, 0.1) is 5.82 Å².